The predicted molar refractivity (Wildman–Crippen MR) is 163 cm³/mol. The van der Waals surface area contributed by atoms with E-state index in [0.29, 0.717) is 11.1 Å². The van der Waals surface area contributed by atoms with Crippen molar-refractivity contribution in [3.05, 3.63) is 120 Å². The van der Waals surface area contributed by atoms with Gasteiger partial charge in [-0.1, -0.05) is 74.6 Å². The van der Waals surface area contributed by atoms with Crippen LogP contribution in [-0.4, -0.2) is 19.0 Å². The van der Waals surface area contributed by atoms with Crippen LogP contribution in [0.4, 0.5) is 17.6 Å². The van der Waals surface area contributed by atoms with Gasteiger partial charge in [-0.15, -0.1) is 6.58 Å². The Hall–Kier alpha value is -3.71. The van der Waals surface area contributed by atoms with E-state index in [4.69, 9.17) is 5.73 Å². The molecule has 0 aliphatic heterocycles. The van der Waals surface area contributed by atoms with Crippen LogP contribution in [0, 0.1) is 5.82 Å². The molecule has 0 unspecified atom stereocenters. The van der Waals surface area contributed by atoms with Crippen LogP contribution in [0.5, 0.6) is 0 Å². The summed E-state index contributed by atoms with van der Waals surface area (Å²) in [5.74, 6) is -0.824. The van der Waals surface area contributed by atoms with Crippen LogP contribution < -0.4 is 11.1 Å². The highest BCUT2D eigenvalue weighted by Gasteiger charge is 2.29. The first-order valence-corrected chi connectivity index (χ1v) is 12.9. The van der Waals surface area contributed by atoms with Crippen molar-refractivity contribution in [2.45, 2.75) is 54.1 Å². The fraction of sp³-hybridized carbons (Fsp3) is 0.303. The van der Waals surface area contributed by atoms with E-state index in [1.807, 2.05) is 39.8 Å². The van der Waals surface area contributed by atoms with Crippen molar-refractivity contribution in [3.63, 3.8) is 0 Å². The Morgan fingerprint density at radius 1 is 1.00 bits per heavy atom. The number of carbonyl (C=O) groups excluding carboxylic acids is 1. The van der Waals surface area contributed by atoms with Crippen LogP contribution >= 0.6 is 0 Å². The minimum Gasteiger partial charge on any atom is -0.366 e. The molecule has 2 aromatic rings. The molecule has 0 saturated heterocycles. The molecule has 0 radical (unpaired) electrons. The number of nitrogens with two attached hydrogens (primary N) is 1. The summed E-state index contributed by atoms with van der Waals surface area (Å²) in [6.45, 7) is 24.6. The Bertz CT molecular complexity index is 1130. The van der Waals surface area contributed by atoms with E-state index >= 15 is 0 Å². The first-order valence-electron chi connectivity index (χ1n) is 12.9. The lowest BCUT2D eigenvalue weighted by atomic mass is 10.1. The van der Waals surface area contributed by atoms with Gasteiger partial charge in [-0.3, -0.25) is 4.79 Å². The van der Waals surface area contributed by atoms with Gasteiger partial charge in [-0.2, -0.15) is 13.2 Å². The third kappa shape index (κ3) is 19.4. The number of primary amides is 1. The first-order chi connectivity index (χ1) is 18.7. The SMILES string of the molecule is C/C(=C/c1cccc(F)c1)C(N)=O.C=C(C)CCNCC(=C)/C=C\C.C=C(C)c1ccc(C(F)(F)F)cc1.CC. The van der Waals surface area contributed by atoms with Crippen molar-refractivity contribution >= 4 is 17.6 Å². The smallest absolute Gasteiger partial charge is 0.366 e. The lowest BCUT2D eigenvalue weighted by molar-refractivity contribution is -0.137. The van der Waals surface area contributed by atoms with Crippen LogP contribution in [0.1, 0.15) is 64.7 Å². The van der Waals surface area contributed by atoms with Gasteiger partial charge in [-0.25, -0.2) is 4.39 Å². The second-order valence-corrected chi connectivity index (χ2v) is 8.64. The fourth-order valence-electron chi connectivity index (χ4n) is 2.71. The van der Waals surface area contributed by atoms with Crippen LogP contribution in [0.15, 0.2) is 97.1 Å². The molecule has 0 aromatic heterocycles. The summed E-state index contributed by atoms with van der Waals surface area (Å²) in [4.78, 5) is 10.6. The molecule has 0 saturated carbocycles. The van der Waals surface area contributed by atoms with Gasteiger partial charge in [0.2, 0.25) is 5.91 Å². The van der Waals surface area contributed by atoms with Crippen molar-refractivity contribution in [1.29, 1.82) is 0 Å². The highest BCUT2D eigenvalue weighted by Crippen LogP contribution is 2.29. The van der Waals surface area contributed by atoms with Crippen molar-refractivity contribution in [2.75, 3.05) is 13.1 Å². The summed E-state index contributed by atoms with van der Waals surface area (Å²) in [6, 6.07) is 10.9. The average Bonchev–Trinajstić information content (AvgIpc) is 2.88. The van der Waals surface area contributed by atoms with E-state index in [0.717, 1.165) is 48.4 Å². The van der Waals surface area contributed by atoms with Crippen LogP contribution in [0.3, 0.4) is 0 Å². The molecule has 40 heavy (non-hydrogen) atoms. The molecule has 0 bridgehead atoms. The van der Waals surface area contributed by atoms with E-state index < -0.39 is 17.6 Å². The van der Waals surface area contributed by atoms with Crippen LogP contribution in [-0.2, 0) is 11.0 Å². The number of alkyl halides is 3. The minimum atomic E-state index is -4.26. The summed E-state index contributed by atoms with van der Waals surface area (Å²) in [7, 11) is 0. The number of hydrogen-bond donors (Lipinski definition) is 2. The van der Waals surface area contributed by atoms with Crippen LogP contribution in [0.2, 0.25) is 0 Å². The van der Waals surface area contributed by atoms with Gasteiger partial charge in [0.25, 0.3) is 0 Å². The first kappa shape index (κ1) is 38.4. The average molecular weight is 561 g/mol. The lowest BCUT2D eigenvalue weighted by Gasteiger charge is -2.06. The normalized spacial score (nSPS) is 10.7. The maximum Gasteiger partial charge on any atom is 0.416 e. The Kier molecular flexibility index (Phi) is 20.3. The molecule has 2 aromatic carbocycles. The van der Waals surface area contributed by atoms with Gasteiger partial charge in [0.15, 0.2) is 0 Å². The van der Waals surface area contributed by atoms with Gasteiger partial charge >= 0.3 is 6.18 Å². The number of benzene rings is 2. The number of allylic oxidation sites excluding steroid dienone is 2. The summed E-state index contributed by atoms with van der Waals surface area (Å²) in [5, 5.41) is 3.29. The second kappa shape index (κ2) is 21.2. The zero-order valence-electron chi connectivity index (χ0n) is 24.6. The number of amides is 1. The molecule has 7 heteroatoms. The topological polar surface area (TPSA) is 55.1 Å². The highest BCUT2D eigenvalue weighted by molar-refractivity contribution is 5.95. The van der Waals surface area contributed by atoms with Crippen LogP contribution in [0.25, 0.3) is 11.6 Å². The molecule has 0 fully saturated rings. The summed E-state index contributed by atoms with van der Waals surface area (Å²) >= 11 is 0. The molecule has 0 spiro atoms. The van der Waals surface area contributed by atoms with Gasteiger partial charge in [0.05, 0.1) is 5.56 Å². The van der Waals surface area contributed by atoms with Crippen molar-refractivity contribution in [2.24, 2.45) is 5.73 Å². The molecule has 2 rings (SSSR count). The van der Waals surface area contributed by atoms with E-state index in [9.17, 15) is 22.4 Å². The quantitative estimate of drug-likeness (QED) is 0.106. The minimum absolute atomic E-state index is 0.328. The largest absolute Gasteiger partial charge is 0.416 e. The predicted octanol–water partition coefficient (Wildman–Crippen LogP) is 9.15. The monoisotopic (exact) mass is 560 g/mol. The van der Waals surface area contributed by atoms with Crippen molar-refractivity contribution < 1.29 is 22.4 Å². The number of carbonyl (C=O) groups is 1. The molecule has 1 amide bonds. The molecule has 3 nitrogen and oxygen atoms in total. The highest BCUT2D eigenvalue weighted by atomic mass is 19.4. The Labute approximate surface area is 237 Å². The Morgan fingerprint density at radius 3 is 2.00 bits per heavy atom. The lowest BCUT2D eigenvalue weighted by Crippen LogP contribution is -2.17. The van der Waals surface area contributed by atoms with E-state index in [1.54, 1.807) is 32.1 Å². The standard InChI is InChI=1S/C11H19N.C10H9F3.C10H10FNO.C2H6/c1-5-6-11(4)9-12-8-7-10(2)3;1-7(2)8-3-5-9(6-4-8)10(11,12)13;1-7(10(12)13)5-8-3-2-4-9(11)6-8;1-2/h5-6,12H,2,4,7-9H2,1,3H3;3-6H,1H2,2H3;2-6H,1H3,(H2,12,13);1-2H3/b6-5-;;7-5-;. The van der Waals surface area contributed by atoms with E-state index in [1.165, 1.54) is 29.8 Å². The molecule has 0 aliphatic rings. The summed E-state index contributed by atoms with van der Waals surface area (Å²) < 4.78 is 49.0. The molecule has 0 atom stereocenters. The molecule has 0 aliphatic carbocycles. The summed E-state index contributed by atoms with van der Waals surface area (Å²) in [5.41, 5.74) is 9.27. The zero-order valence-corrected chi connectivity index (χ0v) is 24.6. The van der Waals surface area contributed by atoms with E-state index in [-0.39, 0.29) is 5.82 Å². The number of halogens is 4. The van der Waals surface area contributed by atoms with Gasteiger partial charge in [-0.05, 0) is 87.7 Å². The Morgan fingerprint density at radius 2 is 1.57 bits per heavy atom. The Balaban J connectivity index is 0. The molecule has 3 N–H and O–H groups in total. The number of hydrogen-bond acceptors (Lipinski definition) is 2. The number of rotatable bonds is 9. The van der Waals surface area contributed by atoms with Gasteiger partial charge in [0.1, 0.15) is 5.82 Å². The molecule has 220 valence electrons. The van der Waals surface area contributed by atoms with Gasteiger partial charge < -0.3 is 11.1 Å². The molecular formula is C33H44F4N2O. The second-order valence-electron chi connectivity index (χ2n) is 8.64. The van der Waals surface area contributed by atoms with Crippen molar-refractivity contribution in [3.8, 4) is 0 Å². The third-order valence-corrected chi connectivity index (χ3v) is 4.81. The summed E-state index contributed by atoms with van der Waals surface area (Å²) in [6.07, 6.45) is 2.36. The maximum atomic E-state index is 12.7. The van der Waals surface area contributed by atoms with E-state index in [2.05, 4.69) is 25.1 Å². The number of nitrogens with one attached hydrogen (secondary N) is 1. The third-order valence-electron chi connectivity index (χ3n) is 4.81. The van der Waals surface area contributed by atoms with Crippen molar-refractivity contribution in [1.82, 2.24) is 5.32 Å². The maximum absolute atomic E-state index is 12.7. The molecular weight excluding hydrogens is 516 g/mol. The zero-order chi connectivity index (χ0) is 31.3. The fourth-order valence-corrected chi connectivity index (χ4v) is 2.71. The molecule has 0 heterocycles. The van der Waals surface area contributed by atoms with Gasteiger partial charge in [0, 0.05) is 12.1 Å².